The van der Waals surface area contributed by atoms with Crippen LogP contribution in [0.5, 0.6) is 0 Å². The number of halogens is 3. The highest BCUT2D eigenvalue weighted by Gasteiger charge is 2.69. The maximum atomic E-state index is 12.1. The van der Waals surface area contributed by atoms with Crippen molar-refractivity contribution in [2.24, 2.45) is 0 Å². The first-order chi connectivity index (χ1) is 5.42. The number of unbranched alkanes of at least 4 members (excludes halogenated alkanes) is 1. The maximum absolute atomic E-state index is 12.1. The van der Waals surface area contributed by atoms with Gasteiger partial charge in [-0.3, -0.25) is 4.84 Å². The summed E-state index contributed by atoms with van der Waals surface area (Å²) in [7, 11) is 0. The SMILES string of the molecule is CCCCN1O[C@]1(C)C(F)(F)F. The molecule has 1 unspecified atom stereocenters. The van der Waals surface area contributed by atoms with Crippen LogP contribution in [0.1, 0.15) is 26.7 Å². The van der Waals surface area contributed by atoms with Crippen molar-refractivity contribution in [2.45, 2.75) is 38.6 Å². The van der Waals surface area contributed by atoms with Crippen LogP contribution in [-0.4, -0.2) is 23.5 Å². The zero-order chi connectivity index (χ0) is 9.41. The van der Waals surface area contributed by atoms with Crippen molar-refractivity contribution in [1.82, 2.24) is 5.06 Å². The van der Waals surface area contributed by atoms with Gasteiger partial charge >= 0.3 is 6.18 Å². The van der Waals surface area contributed by atoms with Crippen LogP contribution in [0.4, 0.5) is 13.2 Å². The van der Waals surface area contributed by atoms with Crippen molar-refractivity contribution in [3.8, 4) is 0 Å². The first kappa shape index (κ1) is 9.80. The van der Waals surface area contributed by atoms with E-state index in [-0.39, 0.29) is 0 Å². The number of rotatable bonds is 3. The summed E-state index contributed by atoms with van der Waals surface area (Å²) in [5.74, 6) is 0. The smallest absolute Gasteiger partial charge is 0.262 e. The molecule has 0 aliphatic carbocycles. The van der Waals surface area contributed by atoms with E-state index in [1.54, 1.807) is 0 Å². The van der Waals surface area contributed by atoms with Crippen LogP contribution in [0.25, 0.3) is 0 Å². The summed E-state index contributed by atoms with van der Waals surface area (Å²) < 4.78 is 36.4. The van der Waals surface area contributed by atoms with E-state index in [9.17, 15) is 13.2 Å². The average molecular weight is 183 g/mol. The van der Waals surface area contributed by atoms with Gasteiger partial charge in [0, 0.05) is 6.54 Å². The predicted molar refractivity (Wildman–Crippen MR) is 37.2 cm³/mol. The fourth-order valence-electron chi connectivity index (χ4n) is 0.948. The van der Waals surface area contributed by atoms with Crippen LogP contribution < -0.4 is 0 Å². The fraction of sp³-hybridized carbons (Fsp3) is 1.00. The van der Waals surface area contributed by atoms with Gasteiger partial charge in [0.15, 0.2) is 0 Å². The predicted octanol–water partition coefficient (Wildman–Crippen LogP) is 2.31. The average Bonchev–Trinajstić information content (AvgIpc) is 2.58. The topological polar surface area (TPSA) is 15.5 Å². The summed E-state index contributed by atoms with van der Waals surface area (Å²) in [4.78, 5) is 4.48. The highest BCUT2D eigenvalue weighted by Crippen LogP contribution is 2.47. The van der Waals surface area contributed by atoms with E-state index in [0.29, 0.717) is 6.54 Å². The Balaban J connectivity index is 2.38. The van der Waals surface area contributed by atoms with Gasteiger partial charge < -0.3 is 0 Å². The molecule has 0 aromatic rings. The first-order valence-corrected chi connectivity index (χ1v) is 3.95. The molecule has 0 radical (unpaired) electrons. The molecule has 1 rings (SSSR count). The molecule has 0 bridgehead atoms. The monoisotopic (exact) mass is 183 g/mol. The Morgan fingerprint density at radius 2 is 2.00 bits per heavy atom. The van der Waals surface area contributed by atoms with E-state index < -0.39 is 11.9 Å². The van der Waals surface area contributed by atoms with Crippen LogP contribution >= 0.6 is 0 Å². The summed E-state index contributed by atoms with van der Waals surface area (Å²) in [6.07, 6.45) is -2.68. The summed E-state index contributed by atoms with van der Waals surface area (Å²) in [6.45, 7) is 3.32. The van der Waals surface area contributed by atoms with Gasteiger partial charge in [-0.1, -0.05) is 13.3 Å². The molecule has 2 nitrogen and oxygen atoms in total. The first-order valence-electron chi connectivity index (χ1n) is 3.95. The van der Waals surface area contributed by atoms with Crippen LogP contribution in [0.2, 0.25) is 0 Å². The minimum Gasteiger partial charge on any atom is -0.262 e. The van der Waals surface area contributed by atoms with Gasteiger partial charge in [-0.05, 0) is 13.3 Å². The van der Waals surface area contributed by atoms with Crippen LogP contribution in [0.3, 0.4) is 0 Å². The van der Waals surface area contributed by atoms with E-state index in [2.05, 4.69) is 4.84 Å². The number of alkyl halides is 3. The highest BCUT2D eigenvalue weighted by molar-refractivity contribution is 4.89. The molecular weight excluding hydrogens is 171 g/mol. The Labute approximate surface area is 69.2 Å². The lowest BCUT2D eigenvalue weighted by molar-refractivity contribution is -0.181. The molecule has 12 heavy (non-hydrogen) atoms. The fourth-order valence-corrected chi connectivity index (χ4v) is 0.948. The standard InChI is InChI=1S/C7H12F3NO/c1-3-4-5-11-6(2,12-11)7(8,9)10/h3-5H2,1-2H3/t6-,11?/m1/s1. The normalized spacial score (nSPS) is 35.2. The van der Waals surface area contributed by atoms with Gasteiger partial charge in [0.1, 0.15) is 0 Å². The Morgan fingerprint density at radius 1 is 1.42 bits per heavy atom. The second-order valence-electron chi connectivity index (χ2n) is 3.03. The minimum atomic E-state index is -4.28. The van der Waals surface area contributed by atoms with Crippen LogP contribution in [0.15, 0.2) is 0 Å². The van der Waals surface area contributed by atoms with E-state index in [4.69, 9.17) is 0 Å². The molecule has 0 aromatic carbocycles. The molecule has 1 saturated heterocycles. The molecule has 0 aromatic heterocycles. The van der Waals surface area contributed by atoms with Gasteiger partial charge in [0.2, 0.25) is 0 Å². The Hall–Kier alpha value is -0.290. The maximum Gasteiger partial charge on any atom is 0.435 e. The number of hydrogen-bond acceptors (Lipinski definition) is 2. The molecular formula is C7H12F3NO. The lowest BCUT2D eigenvalue weighted by Crippen LogP contribution is -2.33. The zero-order valence-electron chi connectivity index (χ0n) is 7.11. The molecule has 0 amide bonds. The largest absolute Gasteiger partial charge is 0.435 e. The molecule has 0 saturated carbocycles. The number of hydrogen-bond donors (Lipinski definition) is 0. The van der Waals surface area contributed by atoms with Gasteiger partial charge in [-0.25, -0.2) is 0 Å². The van der Waals surface area contributed by atoms with Crippen LogP contribution in [-0.2, 0) is 4.84 Å². The highest BCUT2D eigenvalue weighted by atomic mass is 19.4. The van der Waals surface area contributed by atoms with Crippen molar-refractivity contribution >= 4 is 0 Å². The quantitative estimate of drug-likeness (QED) is 0.624. The van der Waals surface area contributed by atoms with Gasteiger partial charge in [0.05, 0.1) is 0 Å². The number of nitrogens with zero attached hydrogens (tertiary/aromatic N) is 1. The van der Waals surface area contributed by atoms with Crippen molar-refractivity contribution < 1.29 is 18.0 Å². The molecule has 5 heteroatoms. The Kier molecular flexibility index (Phi) is 2.35. The lowest BCUT2D eigenvalue weighted by atomic mass is 10.2. The summed E-state index contributed by atoms with van der Waals surface area (Å²) >= 11 is 0. The van der Waals surface area contributed by atoms with Crippen molar-refractivity contribution in [1.29, 1.82) is 0 Å². The lowest BCUT2D eigenvalue weighted by Gasteiger charge is -2.09. The van der Waals surface area contributed by atoms with Gasteiger partial charge in [0.25, 0.3) is 5.72 Å². The second kappa shape index (κ2) is 2.88. The Bertz CT molecular complexity index is 171. The Morgan fingerprint density at radius 3 is 2.33 bits per heavy atom. The summed E-state index contributed by atoms with van der Waals surface area (Å²) in [5, 5.41) is 0.983. The molecule has 1 aliphatic rings. The molecule has 0 spiro atoms. The van der Waals surface area contributed by atoms with E-state index in [0.717, 1.165) is 24.8 Å². The summed E-state index contributed by atoms with van der Waals surface area (Å²) in [6, 6.07) is 0. The third kappa shape index (κ3) is 1.56. The van der Waals surface area contributed by atoms with E-state index >= 15 is 0 Å². The molecule has 2 atom stereocenters. The summed E-state index contributed by atoms with van der Waals surface area (Å²) in [5.41, 5.74) is -2.01. The molecule has 1 fully saturated rings. The zero-order valence-corrected chi connectivity index (χ0v) is 7.11. The van der Waals surface area contributed by atoms with E-state index in [1.807, 2.05) is 6.92 Å². The molecule has 1 heterocycles. The number of hydroxylamine groups is 2. The van der Waals surface area contributed by atoms with Gasteiger partial charge in [-0.15, -0.1) is 5.06 Å². The molecule has 1 aliphatic heterocycles. The second-order valence-corrected chi connectivity index (χ2v) is 3.03. The molecule has 72 valence electrons. The van der Waals surface area contributed by atoms with E-state index in [1.165, 1.54) is 0 Å². The minimum absolute atomic E-state index is 0.354. The van der Waals surface area contributed by atoms with Crippen molar-refractivity contribution in [2.75, 3.05) is 6.54 Å². The van der Waals surface area contributed by atoms with Crippen molar-refractivity contribution in [3.05, 3.63) is 0 Å². The van der Waals surface area contributed by atoms with Crippen molar-refractivity contribution in [3.63, 3.8) is 0 Å². The van der Waals surface area contributed by atoms with Crippen LogP contribution in [0, 0.1) is 0 Å². The van der Waals surface area contributed by atoms with Gasteiger partial charge in [-0.2, -0.15) is 13.2 Å². The third-order valence-electron chi connectivity index (χ3n) is 1.97. The molecule has 0 N–H and O–H groups in total. The third-order valence-corrected chi connectivity index (χ3v) is 1.97.